The fourth-order valence-electron chi connectivity index (χ4n) is 1.54. The van der Waals surface area contributed by atoms with Crippen LogP contribution in [-0.4, -0.2) is 29.7 Å². The van der Waals surface area contributed by atoms with Crippen molar-refractivity contribution in [1.82, 2.24) is 4.90 Å². The Balaban J connectivity index is 2.59. The van der Waals surface area contributed by atoms with Gasteiger partial charge < -0.3 is 5.11 Å². The number of benzene rings is 1. The average molecular weight is 246 g/mol. The van der Waals surface area contributed by atoms with Crippen molar-refractivity contribution in [3.8, 4) is 0 Å². The van der Waals surface area contributed by atoms with E-state index in [-0.39, 0.29) is 17.4 Å². The van der Waals surface area contributed by atoms with E-state index in [2.05, 4.69) is 4.90 Å². The molecule has 1 aromatic carbocycles. The summed E-state index contributed by atoms with van der Waals surface area (Å²) < 4.78 is 13.2. The highest BCUT2D eigenvalue weighted by molar-refractivity contribution is 6.30. The molecule has 1 rings (SSSR count). The molecule has 0 radical (unpaired) electrons. The smallest absolute Gasteiger partial charge is 0.142 e. The lowest BCUT2D eigenvalue weighted by atomic mass is 10.2. The molecule has 0 heterocycles. The average Bonchev–Trinajstić information content (AvgIpc) is 2.29. The van der Waals surface area contributed by atoms with Crippen LogP contribution in [0.3, 0.4) is 0 Å². The van der Waals surface area contributed by atoms with Gasteiger partial charge in [0.05, 0.1) is 5.02 Å². The van der Waals surface area contributed by atoms with Gasteiger partial charge in [0.25, 0.3) is 0 Å². The van der Waals surface area contributed by atoms with Gasteiger partial charge in [-0.05, 0) is 30.7 Å². The van der Waals surface area contributed by atoms with E-state index in [0.29, 0.717) is 6.54 Å². The third-order valence-electron chi connectivity index (χ3n) is 2.47. The summed E-state index contributed by atoms with van der Waals surface area (Å²) in [6.45, 7) is 4.61. The second-order valence-corrected chi connectivity index (χ2v) is 4.10. The summed E-state index contributed by atoms with van der Waals surface area (Å²) in [5.41, 5.74) is 0.904. The Morgan fingerprint density at radius 2 is 2.19 bits per heavy atom. The van der Waals surface area contributed by atoms with Crippen LogP contribution in [0.25, 0.3) is 0 Å². The lowest BCUT2D eigenvalue weighted by Gasteiger charge is -2.19. The van der Waals surface area contributed by atoms with Crippen LogP contribution >= 0.6 is 11.6 Å². The van der Waals surface area contributed by atoms with Crippen molar-refractivity contribution in [3.05, 3.63) is 34.6 Å². The molecule has 0 aliphatic rings. The highest BCUT2D eigenvalue weighted by Crippen LogP contribution is 2.16. The number of rotatable bonds is 6. The molecule has 2 nitrogen and oxygen atoms in total. The summed E-state index contributed by atoms with van der Waals surface area (Å²) >= 11 is 5.61. The summed E-state index contributed by atoms with van der Waals surface area (Å²) in [6.07, 6.45) is 0.740. The molecule has 0 atom stereocenters. The predicted octanol–water partition coefficient (Wildman–Crippen LogP) is 2.68. The first-order valence-corrected chi connectivity index (χ1v) is 5.82. The predicted molar refractivity (Wildman–Crippen MR) is 64.1 cm³/mol. The normalized spacial score (nSPS) is 11.1. The van der Waals surface area contributed by atoms with Crippen molar-refractivity contribution in [2.75, 3.05) is 19.7 Å². The minimum absolute atomic E-state index is 0.155. The van der Waals surface area contributed by atoms with Gasteiger partial charge in [0.2, 0.25) is 0 Å². The van der Waals surface area contributed by atoms with Crippen LogP contribution in [0.15, 0.2) is 18.2 Å². The fraction of sp³-hybridized carbons (Fsp3) is 0.500. The minimum atomic E-state index is -0.377. The zero-order valence-corrected chi connectivity index (χ0v) is 10.2. The van der Waals surface area contributed by atoms with Crippen LogP contribution in [-0.2, 0) is 6.54 Å². The van der Waals surface area contributed by atoms with Crippen LogP contribution in [0.1, 0.15) is 18.9 Å². The lowest BCUT2D eigenvalue weighted by molar-refractivity contribution is 0.225. The highest BCUT2D eigenvalue weighted by Gasteiger charge is 2.05. The van der Waals surface area contributed by atoms with Gasteiger partial charge in [0, 0.05) is 19.7 Å². The first-order chi connectivity index (χ1) is 7.67. The fourth-order valence-corrected chi connectivity index (χ4v) is 1.66. The van der Waals surface area contributed by atoms with E-state index in [1.165, 1.54) is 6.07 Å². The standard InChI is InChI=1S/C12H17ClFNO/c1-2-15(6-3-7-16)9-10-4-5-11(13)12(14)8-10/h4-5,8,16H,2-3,6-7,9H2,1H3. The molecule has 16 heavy (non-hydrogen) atoms. The van der Waals surface area contributed by atoms with E-state index >= 15 is 0 Å². The molecule has 0 bridgehead atoms. The Hall–Kier alpha value is -0.640. The van der Waals surface area contributed by atoms with Gasteiger partial charge in [-0.2, -0.15) is 0 Å². The van der Waals surface area contributed by atoms with Crippen LogP contribution in [0.5, 0.6) is 0 Å². The molecule has 90 valence electrons. The number of hydrogen-bond acceptors (Lipinski definition) is 2. The largest absolute Gasteiger partial charge is 0.396 e. The van der Waals surface area contributed by atoms with Crippen molar-refractivity contribution < 1.29 is 9.50 Å². The molecule has 0 spiro atoms. The van der Waals surface area contributed by atoms with E-state index in [9.17, 15) is 4.39 Å². The van der Waals surface area contributed by atoms with Gasteiger partial charge in [-0.25, -0.2) is 4.39 Å². The zero-order valence-electron chi connectivity index (χ0n) is 9.42. The van der Waals surface area contributed by atoms with Crippen molar-refractivity contribution in [1.29, 1.82) is 0 Å². The number of hydrogen-bond donors (Lipinski definition) is 1. The lowest BCUT2D eigenvalue weighted by Crippen LogP contribution is -2.24. The van der Waals surface area contributed by atoms with E-state index in [0.717, 1.165) is 25.1 Å². The van der Waals surface area contributed by atoms with Crippen molar-refractivity contribution in [2.45, 2.75) is 19.9 Å². The van der Waals surface area contributed by atoms with E-state index in [1.807, 2.05) is 13.0 Å². The molecule has 0 aliphatic carbocycles. The molecule has 0 saturated heterocycles. The van der Waals surface area contributed by atoms with Gasteiger partial charge in [-0.3, -0.25) is 4.90 Å². The number of halogens is 2. The first-order valence-electron chi connectivity index (χ1n) is 5.44. The molecule has 0 aromatic heterocycles. The Labute approximate surface area is 101 Å². The van der Waals surface area contributed by atoms with Gasteiger partial charge in [-0.15, -0.1) is 0 Å². The summed E-state index contributed by atoms with van der Waals surface area (Å²) in [6, 6.07) is 4.86. The summed E-state index contributed by atoms with van der Waals surface area (Å²) in [7, 11) is 0. The first kappa shape index (κ1) is 13.4. The molecule has 0 unspecified atom stereocenters. The summed E-state index contributed by atoms with van der Waals surface area (Å²) in [4.78, 5) is 2.15. The van der Waals surface area contributed by atoms with Crippen LogP contribution < -0.4 is 0 Å². The monoisotopic (exact) mass is 245 g/mol. The molecular formula is C12H17ClFNO. The van der Waals surface area contributed by atoms with Gasteiger partial charge in [-0.1, -0.05) is 24.6 Å². The quantitative estimate of drug-likeness (QED) is 0.833. The molecule has 0 saturated carbocycles. The maximum Gasteiger partial charge on any atom is 0.142 e. The molecule has 1 aromatic rings. The Kier molecular flexibility index (Phi) is 5.74. The van der Waals surface area contributed by atoms with Gasteiger partial charge in [0.1, 0.15) is 5.82 Å². The third kappa shape index (κ3) is 4.08. The topological polar surface area (TPSA) is 23.5 Å². The summed E-state index contributed by atoms with van der Waals surface area (Å²) in [5, 5.41) is 8.91. The zero-order chi connectivity index (χ0) is 12.0. The Bertz CT molecular complexity index is 333. The molecule has 0 fully saturated rings. The Morgan fingerprint density at radius 1 is 1.44 bits per heavy atom. The number of nitrogens with zero attached hydrogens (tertiary/aromatic N) is 1. The SMILES string of the molecule is CCN(CCCO)Cc1ccc(Cl)c(F)c1. The molecule has 1 N–H and O–H groups in total. The van der Waals surface area contributed by atoms with E-state index in [4.69, 9.17) is 16.7 Å². The minimum Gasteiger partial charge on any atom is -0.396 e. The maximum absolute atomic E-state index is 13.2. The van der Waals surface area contributed by atoms with Gasteiger partial charge in [0.15, 0.2) is 0 Å². The van der Waals surface area contributed by atoms with Crippen LogP contribution in [0, 0.1) is 5.82 Å². The molecule has 0 aliphatic heterocycles. The second-order valence-electron chi connectivity index (χ2n) is 3.69. The highest BCUT2D eigenvalue weighted by atomic mass is 35.5. The second kappa shape index (κ2) is 6.84. The van der Waals surface area contributed by atoms with E-state index < -0.39 is 0 Å². The van der Waals surface area contributed by atoms with Crippen molar-refractivity contribution in [2.24, 2.45) is 0 Å². The van der Waals surface area contributed by atoms with Crippen molar-refractivity contribution in [3.63, 3.8) is 0 Å². The third-order valence-corrected chi connectivity index (χ3v) is 2.78. The van der Waals surface area contributed by atoms with Crippen LogP contribution in [0.2, 0.25) is 5.02 Å². The number of aliphatic hydroxyl groups is 1. The van der Waals surface area contributed by atoms with Gasteiger partial charge >= 0.3 is 0 Å². The Morgan fingerprint density at radius 3 is 2.75 bits per heavy atom. The molecular weight excluding hydrogens is 229 g/mol. The van der Waals surface area contributed by atoms with Crippen LogP contribution in [0.4, 0.5) is 4.39 Å². The number of aliphatic hydroxyl groups excluding tert-OH is 1. The molecule has 0 amide bonds. The molecule has 4 heteroatoms. The summed E-state index contributed by atoms with van der Waals surface area (Å²) in [5.74, 6) is -0.377. The van der Waals surface area contributed by atoms with E-state index in [1.54, 1.807) is 6.07 Å². The maximum atomic E-state index is 13.2. The van der Waals surface area contributed by atoms with Crippen molar-refractivity contribution >= 4 is 11.6 Å².